The summed E-state index contributed by atoms with van der Waals surface area (Å²) in [5.41, 5.74) is 4.16. The molecule has 0 atom stereocenters. The van der Waals surface area contributed by atoms with Gasteiger partial charge in [0, 0.05) is 19.6 Å². The molecule has 2 amide bonds. The number of hydrogen-bond donors (Lipinski definition) is 0. The summed E-state index contributed by atoms with van der Waals surface area (Å²) in [6, 6.07) is 6.00. The van der Waals surface area contributed by atoms with E-state index in [2.05, 4.69) is 17.5 Å². The SMILES string of the molecule is C=CCN1C(=O)C(c2ccc(C)cc2C)=C(N2CCCC2)C1=O. The molecule has 0 aliphatic carbocycles. The lowest BCUT2D eigenvalue weighted by molar-refractivity contribution is -0.136. The maximum Gasteiger partial charge on any atom is 0.278 e. The zero-order chi connectivity index (χ0) is 16.6. The van der Waals surface area contributed by atoms with Crippen molar-refractivity contribution in [1.82, 2.24) is 9.80 Å². The number of hydrogen-bond acceptors (Lipinski definition) is 3. The zero-order valence-corrected chi connectivity index (χ0v) is 13.8. The van der Waals surface area contributed by atoms with Gasteiger partial charge < -0.3 is 4.90 Å². The van der Waals surface area contributed by atoms with E-state index in [0.29, 0.717) is 11.3 Å². The van der Waals surface area contributed by atoms with E-state index in [1.807, 2.05) is 26.0 Å². The highest BCUT2D eigenvalue weighted by atomic mass is 16.2. The van der Waals surface area contributed by atoms with Gasteiger partial charge in [0.15, 0.2) is 0 Å². The van der Waals surface area contributed by atoms with Crippen LogP contribution in [0.2, 0.25) is 0 Å². The van der Waals surface area contributed by atoms with Crippen molar-refractivity contribution in [1.29, 1.82) is 0 Å². The number of likely N-dealkylation sites (tertiary alicyclic amines) is 1. The molecule has 1 saturated heterocycles. The normalized spacial score (nSPS) is 18.3. The second-order valence-corrected chi connectivity index (χ2v) is 6.25. The van der Waals surface area contributed by atoms with Gasteiger partial charge in [-0.25, -0.2) is 0 Å². The minimum Gasteiger partial charge on any atom is -0.366 e. The maximum atomic E-state index is 12.9. The van der Waals surface area contributed by atoms with E-state index in [0.717, 1.165) is 42.6 Å². The van der Waals surface area contributed by atoms with Gasteiger partial charge in [0.25, 0.3) is 11.8 Å². The maximum absolute atomic E-state index is 12.9. The lowest BCUT2D eigenvalue weighted by Gasteiger charge is -2.19. The molecular weight excluding hydrogens is 288 g/mol. The average Bonchev–Trinajstić information content (AvgIpc) is 3.10. The molecule has 1 fully saturated rings. The minimum absolute atomic E-state index is 0.188. The fourth-order valence-corrected chi connectivity index (χ4v) is 3.43. The van der Waals surface area contributed by atoms with E-state index >= 15 is 0 Å². The molecule has 0 radical (unpaired) electrons. The topological polar surface area (TPSA) is 40.6 Å². The third-order valence-electron chi connectivity index (χ3n) is 4.53. The summed E-state index contributed by atoms with van der Waals surface area (Å²) in [5.74, 6) is -0.393. The summed E-state index contributed by atoms with van der Waals surface area (Å²) in [5, 5.41) is 0. The van der Waals surface area contributed by atoms with E-state index in [1.165, 1.54) is 4.90 Å². The number of carbonyl (C=O) groups is 2. The predicted molar refractivity (Wildman–Crippen MR) is 90.6 cm³/mol. The van der Waals surface area contributed by atoms with Crippen LogP contribution in [-0.4, -0.2) is 41.2 Å². The number of benzene rings is 1. The number of aryl methyl sites for hydroxylation is 2. The monoisotopic (exact) mass is 310 g/mol. The Kier molecular flexibility index (Phi) is 4.07. The van der Waals surface area contributed by atoms with Crippen molar-refractivity contribution >= 4 is 17.4 Å². The van der Waals surface area contributed by atoms with Gasteiger partial charge in [-0.1, -0.05) is 29.8 Å². The third-order valence-corrected chi connectivity index (χ3v) is 4.53. The van der Waals surface area contributed by atoms with E-state index in [1.54, 1.807) is 6.08 Å². The summed E-state index contributed by atoms with van der Waals surface area (Å²) in [6.45, 7) is 9.61. The van der Waals surface area contributed by atoms with Crippen molar-refractivity contribution in [2.45, 2.75) is 26.7 Å². The van der Waals surface area contributed by atoms with Gasteiger partial charge in [-0.2, -0.15) is 0 Å². The summed E-state index contributed by atoms with van der Waals surface area (Å²) in [4.78, 5) is 29.1. The largest absolute Gasteiger partial charge is 0.366 e. The van der Waals surface area contributed by atoms with Crippen LogP contribution >= 0.6 is 0 Å². The number of amides is 2. The molecule has 1 aromatic carbocycles. The highest BCUT2D eigenvalue weighted by molar-refractivity contribution is 6.35. The van der Waals surface area contributed by atoms with Crippen LogP contribution in [0.15, 0.2) is 36.6 Å². The number of rotatable bonds is 4. The lowest BCUT2D eigenvalue weighted by atomic mass is 9.97. The first-order valence-corrected chi connectivity index (χ1v) is 8.08. The van der Waals surface area contributed by atoms with Crippen LogP contribution in [0.5, 0.6) is 0 Å². The molecule has 2 heterocycles. The van der Waals surface area contributed by atoms with Crippen LogP contribution in [0.3, 0.4) is 0 Å². The summed E-state index contributed by atoms with van der Waals surface area (Å²) in [7, 11) is 0. The van der Waals surface area contributed by atoms with Crippen LogP contribution in [0.25, 0.3) is 5.57 Å². The standard InChI is InChI=1S/C19H22N2O2/c1-4-9-21-18(22)16(15-8-7-13(2)12-14(15)3)17(19(21)23)20-10-5-6-11-20/h4,7-8,12H,1,5-6,9-11H2,2-3H3. The van der Waals surface area contributed by atoms with Crippen LogP contribution in [0, 0.1) is 13.8 Å². The van der Waals surface area contributed by atoms with E-state index in [4.69, 9.17) is 0 Å². The lowest BCUT2D eigenvalue weighted by Crippen LogP contribution is -2.34. The van der Waals surface area contributed by atoms with Gasteiger partial charge in [0.2, 0.25) is 0 Å². The van der Waals surface area contributed by atoms with Crippen molar-refractivity contribution in [3.8, 4) is 0 Å². The number of nitrogens with zero attached hydrogens (tertiary/aromatic N) is 2. The van der Waals surface area contributed by atoms with Crippen LogP contribution in [-0.2, 0) is 9.59 Å². The Labute approximate surface area is 137 Å². The van der Waals surface area contributed by atoms with Gasteiger partial charge >= 0.3 is 0 Å². The molecule has 3 rings (SSSR count). The van der Waals surface area contributed by atoms with Crippen LogP contribution in [0.4, 0.5) is 0 Å². The van der Waals surface area contributed by atoms with Crippen molar-refractivity contribution in [2.75, 3.05) is 19.6 Å². The minimum atomic E-state index is -0.205. The highest BCUT2D eigenvalue weighted by Gasteiger charge is 2.41. The number of carbonyl (C=O) groups excluding carboxylic acids is 2. The molecule has 0 unspecified atom stereocenters. The molecule has 0 saturated carbocycles. The highest BCUT2D eigenvalue weighted by Crippen LogP contribution is 2.34. The zero-order valence-electron chi connectivity index (χ0n) is 13.8. The fraction of sp³-hybridized carbons (Fsp3) is 0.368. The van der Waals surface area contributed by atoms with Crippen molar-refractivity contribution < 1.29 is 9.59 Å². The van der Waals surface area contributed by atoms with Gasteiger partial charge in [-0.15, -0.1) is 6.58 Å². The fourth-order valence-electron chi connectivity index (χ4n) is 3.43. The number of imide groups is 1. The second-order valence-electron chi connectivity index (χ2n) is 6.25. The Bertz CT molecular complexity index is 712. The molecule has 1 aromatic rings. The molecule has 120 valence electrons. The molecule has 0 N–H and O–H groups in total. The van der Waals surface area contributed by atoms with Crippen LogP contribution < -0.4 is 0 Å². The molecule has 2 aliphatic heterocycles. The van der Waals surface area contributed by atoms with Crippen molar-refractivity contribution in [2.24, 2.45) is 0 Å². The van der Waals surface area contributed by atoms with Gasteiger partial charge in [0.05, 0.1) is 5.57 Å². The molecule has 0 aromatic heterocycles. The quantitative estimate of drug-likeness (QED) is 0.634. The first-order valence-electron chi connectivity index (χ1n) is 8.08. The summed E-state index contributed by atoms with van der Waals surface area (Å²) < 4.78 is 0. The molecular formula is C19H22N2O2. The Morgan fingerprint density at radius 1 is 1.13 bits per heavy atom. The average molecular weight is 310 g/mol. The molecule has 0 bridgehead atoms. The molecule has 0 spiro atoms. The first kappa shape index (κ1) is 15.5. The third kappa shape index (κ3) is 2.58. The molecule has 4 nitrogen and oxygen atoms in total. The summed E-state index contributed by atoms with van der Waals surface area (Å²) in [6.07, 6.45) is 3.72. The van der Waals surface area contributed by atoms with Gasteiger partial charge in [-0.3, -0.25) is 14.5 Å². The first-order chi connectivity index (χ1) is 11.0. The molecule has 2 aliphatic rings. The van der Waals surface area contributed by atoms with E-state index < -0.39 is 0 Å². The summed E-state index contributed by atoms with van der Waals surface area (Å²) >= 11 is 0. The second kappa shape index (κ2) is 6.03. The van der Waals surface area contributed by atoms with E-state index in [-0.39, 0.29) is 18.4 Å². The van der Waals surface area contributed by atoms with Gasteiger partial charge in [-0.05, 0) is 37.8 Å². The Hall–Kier alpha value is -2.36. The predicted octanol–water partition coefficient (Wildman–Crippen LogP) is 2.67. The van der Waals surface area contributed by atoms with Crippen molar-refractivity contribution in [3.05, 3.63) is 53.2 Å². The molecule has 4 heteroatoms. The smallest absolute Gasteiger partial charge is 0.278 e. The van der Waals surface area contributed by atoms with Crippen molar-refractivity contribution in [3.63, 3.8) is 0 Å². The Morgan fingerprint density at radius 3 is 2.43 bits per heavy atom. The van der Waals surface area contributed by atoms with Crippen LogP contribution in [0.1, 0.15) is 29.5 Å². The Balaban J connectivity index is 2.15. The molecule has 23 heavy (non-hydrogen) atoms. The van der Waals surface area contributed by atoms with E-state index in [9.17, 15) is 9.59 Å². The van der Waals surface area contributed by atoms with Gasteiger partial charge in [0.1, 0.15) is 5.70 Å². The Morgan fingerprint density at radius 2 is 1.83 bits per heavy atom.